The van der Waals surface area contributed by atoms with Gasteiger partial charge < -0.3 is 4.57 Å². The first-order valence-corrected chi connectivity index (χ1v) is 11.9. The molecule has 0 unspecified atom stereocenters. The number of fused-ring (bicyclic) bond motifs is 3. The number of nitrogens with zero attached hydrogens (tertiary/aromatic N) is 7. The van der Waals surface area contributed by atoms with Crippen LogP contribution in [0.4, 0.5) is 0 Å². The Morgan fingerprint density at radius 2 is 1.14 bits per heavy atom. The van der Waals surface area contributed by atoms with E-state index < -0.39 is 0 Å². The van der Waals surface area contributed by atoms with Crippen LogP contribution < -0.4 is 0 Å². The van der Waals surface area contributed by atoms with E-state index in [1.165, 1.54) is 16.3 Å². The van der Waals surface area contributed by atoms with Crippen molar-refractivity contribution < 1.29 is 0 Å². The molecule has 0 atom stereocenters. The molecule has 0 fully saturated rings. The molecule has 176 valence electrons. The molecule has 0 aliphatic carbocycles. The van der Waals surface area contributed by atoms with Gasteiger partial charge >= 0.3 is 0 Å². The van der Waals surface area contributed by atoms with E-state index in [1.807, 2.05) is 27.7 Å². The quantitative estimate of drug-likeness (QED) is 0.313. The summed E-state index contributed by atoms with van der Waals surface area (Å²) in [5, 5.41) is 2.41. The molecule has 7 heteroatoms. The lowest BCUT2D eigenvalue weighted by Crippen LogP contribution is -2.04. The fourth-order valence-corrected chi connectivity index (χ4v) is 4.87. The molecule has 0 amide bonds. The molecule has 0 saturated carbocycles. The minimum atomic E-state index is 0.623. The molecule has 0 N–H and O–H groups in total. The van der Waals surface area contributed by atoms with E-state index in [2.05, 4.69) is 92.1 Å². The van der Waals surface area contributed by atoms with E-state index in [0.29, 0.717) is 34.9 Å². The monoisotopic (exact) mass is 471 g/mol. The summed E-state index contributed by atoms with van der Waals surface area (Å²) in [6.07, 6.45) is 0. The largest absolute Gasteiger partial charge is 0.308 e. The van der Waals surface area contributed by atoms with Gasteiger partial charge in [0, 0.05) is 21.9 Å². The smallest absolute Gasteiger partial charge is 0.165 e. The standard InChI is InChI=1S/C29H25N7/c1-16-10-12-23-22-8-6-7-9-25(22)36(27(23)14-16)26-13-11-21(28-32-17(2)30-18(3)33-28)15-24(26)29-34-19(4)31-20(5)35-29/h6-15H,1-5H3. The second-order valence-electron chi connectivity index (χ2n) is 9.11. The third-order valence-electron chi connectivity index (χ3n) is 6.28. The van der Waals surface area contributed by atoms with E-state index in [0.717, 1.165) is 27.8 Å². The van der Waals surface area contributed by atoms with Crippen molar-refractivity contribution in [1.29, 1.82) is 0 Å². The highest BCUT2D eigenvalue weighted by Crippen LogP contribution is 2.37. The van der Waals surface area contributed by atoms with E-state index in [4.69, 9.17) is 9.97 Å². The van der Waals surface area contributed by atoms with Gasteiger partial charge in [-0.3, -0.25) is 0 Å². The summed E-state index contributed by atoms with van der Waals surface area (Å²) in [4.78, 5) is 27.4. The van der Waals surface area contributed by atoms with E-state index in [1.54, 1.807) is 0 Å². The number of hydrogen-bond acceptors (Lipinski definition) is 6. The number of hydrogen-bond donors (Lipinski definition) is 0. The summed E-state index contributed by atoms with van der Waals surface area (Å²) in [5.41, 5.74) is 6.23. The Morgan fingerprint density at radius 1 is 0.528 bits per heavy atom. The van der Waals surface area contributed by atoms with Crippen LogP contribution in [-0.2, 0) is 0 Å². The lowest BCUT2D eigenvalue weighted by molar-refractivity contribution is 0.924. The second kappa shape index (κ2) is 8.30. The molecule has 0 bridgehead atoms. The maximum Gasteiger partial charge on any atom is 0.165 e. The van der Waals surface area contributed by atoms with Crippen LogP contribution in [-0.4, -0.2) is 34.5 Å². The molecular formula is C29H25N7. The predicted octanol–water partition coefficient (Wildman–Crippen LogP) is 6.03. The minimum Gasteiger partial charge on any atom is -0.308 e. The number of rotatable bonds is 3. The average Bonchev–Trinajstić information content (AvgIpc) is 3.15. The number of para-hydroxylation sites is 1. The topological polar surface area (TPSA) is 82.3 Å². The van der Waals surface area contributed by atoms with Crippen molar-refractivity contribution in [3.05, 3.63) is 89.5 Å². The molecule has 6 aromatic rings. The first kappa shape index (κ1) is 22.0. The molecule has 0 aliphatic heterocycles. The minimum absolute atomic E-state index is 0.623. The second-order valence-corrected chi connectivity index (χ2v) is 9.11. The summed E-state index contributed by atoms with van der Waals surface area (Å²) in [6.45, 7) is 9.67. The molecular weight excluding hydrogens is 446 g/mol. The van der Waals surface area contributed by atoms with Gasteiger partial charge in [0.05, 0.1) is 16.7 Å². The van der Waals surface area contributed by atoms with Crippen LogP contribution in [0, 0.1) is 34.6 Å². The summed E-state index contributed by atoms with van der Waals surface area (Å²) in [5.74, 6) is 3.99. The lowest BCUT2D eigenvalue weighted by Gasteiger charge is -2.15. The van der Waals surface area contributed by atoms with Crippen LogP contribution in [0.1, 0.15) is 28.9 Å². The van der Waals surface area contributed by atoms with Gasteiger partial charge in [0.25, 0.3) is 0 Å². The number of benzene rings is 3. The van der Waals surface area contributed by atoms with Gasteiger partial charge in [-0.2, -0.15) is 0 Å². The van der Waals surface area contributed by atoms with E-state index in [9.17, 15) is 0 Å². The van der Waals surface area contributed by atoms with Gasteiger partial charge in [-0.1, -0.05) is 30.3 Å². The van der Waals surface area contributed by atoms with Gasteiger partial charge in [0.1, 0.15) is 23.3 Å². The van der Waals surface area contributed by atoms with Crippen LogP contribution >= 0.6 is 0 Å². The van der Waals surface area contributed by atoms with Gasteiger partial charge in [0.15, 0.2) is 11.6 Å². The normalized spacial score (nSPS) is 11.5. The van der Waals surface area contributed by atoms with Crippen molar-refractivity contribution in [3.8, 4) is 28.5 Å². The molecule has 7 nitrogen and oxygen atoms in total. The predicted molar refractivity (Wildman–Crippen MR) is 142 cm³/mol. The summed E-state index contributed by atoms with van der Waals surface area (Å²) < 4.78 is 2.30. The van der Waals surface area contributed by atoms with Crippen molar-refractivity contribution >= 4 is 21.8 Å². The van der Waals surface area contributed by atoms with Crippen LogP contribution in [0.3, 0.4) is 0 Å². The Labute approximate surface area is 209 Å². The number of aromatic nitrogens is 7. The Morgan fingerprint density at radius 3 is 1.83 bits per heavy atom. The Balaban J connectivity index is 1.71. The maximum absolute atomic E-state index is 4.73. The summed E-state index contributed by atoms with van der Waals surface area (Å²) >= 11 is 0. The number of aryl methyl sites for hydroxylation is 5. The fourth-order valence-electron chi connectivity index (χ4n) is 4.87. The van der Waals surface area contributed by atoms with Gasteiger partial charge in [-0.15, -0.1) is 0 Å². The van der Waals surface area contributed by atoms with Crippen LogP contribution in [0.5, 0.6) is 0 Å². The van der Waals surface area contributed by atoms with Gasteiger partial charge in [0.2, 0.25) is 0 Å². The average molecular weight is 472 g/mol. The zero-order valence-corrected chi connectivity index (χ0v) is 20.9. The molecule has 3 aromatic carbocycles. The first-order chi connectivity index (χ1) is 17.4. The highest BCUT2D eigenvalue weighted by Gasteiger charge is 2.19. The zero-order valence-electron chi connectivity index (χ0n) is 20.9. The Bertz CT molecular complexity index is 1760. The van der Waals surface area contributed by atoms with Crippen LogP contribution in [0.15, 0.2) is 60.7 Å². The highest BCUT2D eigenvalue weighted by atomic mass is 15.0. The third kappa shape index (κ3) is 3.69. The maximum atomic E-state index is 4.73. The highest BCUT2D eigenvalue weighted by molar-refractivity contribution is 6.09. The van der Waals surface area contributed by atoms with Gasteiger partial charge in [-0.25, -0.2) is 29.9 Å². The lowest BCUT2D eigenvalue weighted by atomic mass is 10.1. The molecule has 0 saturated heterocycles. The van der Waals surface area contributed by atoms with Crippen LogP contribution in [0.2, 0.25) is 0 Å². The summed E-state index contributed by atoms with van der Waals surface area (Å²) in [6, 6.07) is 21.3. The van der Waals surface area contributed by atoms with Crippen molar-refractivity contribution in [2.24, 2.45) is 0 Å². The molecule has 3 heterocycles. The first-order valence-electron chi connectivity index (χ1n) is 11.9. The van der Waals surface area contributed by atoms with E-state index >= 15 is 0 Å². The fraction of sp³-hybridized carbons (Fsp3) is 0.172. The SMILES string of the molecule is Cc1ccc2c3ccccc3n(-c3ccc(-c4nc(C)nc(C)n4)cc3-c3nc(C)nc(C)n3)c2c1. The molecule has 3 aromatic heterocycles. The van der Waals surface area contributed by atoms with Crippen molar-refractivity contribution in [3.63, 3.8) is 0 Å². The zero-order chi connectivity index (χ0) is 25.0. The molecule has 6 rings (SSSR count). The van der Waals surface area contributed by atoms with Crippen molar-refractivity contribution in [2.45, 2.75) is 34.6 Å². The molecule has 0 spiro atoms. The van der Waals surface area contributed by atoms with Gasteiger partial charge in [-0.05, 0) is 70.5 Å². The molecule has 0 aliphatic rings. The van der Waals surface area contributed by atoms with E-state index in [-0.39, 0.29) is 0 Å². The van der Waals surface area contributed by atoms with Crippen molar-refractivity contribution in [2.75, 3.05) is 0 Å². The molecule has 0 radical (unpaired) electrons. The van der Waals surface area contributed by atoms with Crippen LogP contribution in [0.25, 0.3) is 50.3 Å². The van der Waals surface area contributed by atoms with Crippen molar-refractivity contribution in [1.82, 2.24) is 34.5 Å². The molecule has 36 heavy (non-hydrogen) atoms. The Hall–Kier alpha value is -4.52. The third-order valence-corrected chi connectivity index (χ3v) is 6.28. The summed E-state index contributed by atoms with van der Waals surface area (Å²) in [7, 11) is 0. The Kier molecular flexibility index (Phi) is 5.07.